The predicted molar refractivity (Wildman–Crippen MR) is 121 cm³/mol. The summed E-state index contributed by atoms with van der Waals surface area (Å²) in [6, 6.07) is 6.54. The molecule has 4 rings (SSSR count). The molecule has 2 saturated carbocycles. The lowest BCUT2D eigenvalue weighted by atomic mass is 9.46. The summed E-state index contributed by atoms with van der Waals surface area (Å²) >= 11 is 0. The predicted octanol–water partition coefficient (Wildman–Crippen LogP) is 5.79. The molecular formula is C26H33NO3. The molecule has 30 heavy (non-hydrogen) atoms. The van der Waals surface area contributed by atoms with E-state index in [2.05, 4.69) is 32.3 Å². The van der Waals surface area contributed by atoms with E-state index in [4.69, 9.17) is 0 Å². The van der Waals surface area contributed by atoms with Crippen molar-refractivity contribution in [2.45, 2.75) is 59.3 Å². The Labute approximate surface area is 178 Å². The van der Waals surface area contributed by atoms with E-state index in [0.717, 1.165) is 18.4 Å². The quantitative estimate of drug-likeness (QED) is 0.445. The Kier molecular flexibility index (Phi) is 5.08. The SMILES string of the molecule is C=C1CCCC2C1(C)CCC(C)C2(C)Cc1cc(O)c(-c2ccc[nH]c2=O)cc1O. The first-order chi connectivity index (χ1) is 14.2. The molecule has 160 valence electrons. The lowest BCUT2D eigenvalue weighted by Gasteiger charge is -2.59. The Morgan fingerprint density at radius 2 is 1.93 bits per heavy atom. The van der Waals surface area contributed by atoms with E-state index < -0.39 is 0 Å². The van der Waals surface area contributed by atoms with Crippen molar-refractivity contribution in [2.75, 3.05) is 0 Å². The summed E-state index contributed by atoms with van der Waals surface area (Å²) in [6.07, 6.45) is 8.05. The number of hydrogen-bond acceptors (Lipinski definition) is 3. The van der Waals surface area contributed by atoms with Gasteiger partial charge < -0.3 is 15.2 Å². The average Bonchev–Trinajstić information content (AvgIpc) is 2.70. The smallest absolute Gasteiger partial charge is 0.255 e. The molecule has 4 nitrogen and oxygen atoms in total. The maximum absolute atomic E-state index is 12.1. The number of aromatic amines is 1. The van der Waals surface area contributed by atoms with Gasteiger partial charge in [0.25, 0.3) is 5.56 Å². The van der Waals surface area contributed by atoms with Gasteiger partial charge in [0.2, 0.25) is 0 Å². The van der Waals surface area contributed by atoms with Crippen LogP contribution in [0.2, 0.25) is 0 Å². The normalized spacial score (nSPS) is 31.4. The third kappa shape index (κ3) is 3.17. The van der Waals surface area contributed by atoms with E-state index in [1.807, 2.05) is 0 Å². The summed E-state index contributed by atoms with van der Waals surface area (Å²) < 4.78 is 0. The molecule has 2 aromatic rings. The van der Waals surface area contributed by atoms with E-state index in [1.54, 1.807) is 24.4 Å². The van der Waals surface area contributed by atoms with Gasteiger partial charge in [-0.1, -0.05) is 32.9 Å². The van der Waals surface area contributed by atoms with Crippen LogP contribution in [0.1, 0.15) is 58.4 Å². The van der Waals surface area contributed by atoms with Crippen molar-refractivity contribution >= 4 is 0 Å². The fourth-order valence-electron chi connectivity index (χ4n) is 6.29. The van der Waals surface area contributed by atoms with Gasteiger partial charge in [-0.3, -0.25) is 4.79 Å². The second-order valence-corrected chi connectivity index (χ2v) is 10.00. The highest BCUT2D eigenvalue weighted by molar-refractivity contribution is 5.72. The van der Waals surface area contributed by atoms with Gasteiger partial charge in [0.05, 0.1) is 5.56 Å². The molecule has 2 aliphatic rings. The van der Waals surface area contributed by atoms with Gasteiger partial charge in [-0.25, -0.2) is 0 Å². The van der Waals surface area contributed by atoms with E-state index in [0.29, 0.717) is 29.4 Å². The van der Waals surface area contributed by atoms with Crippen LogP contribution in [0.25, 0.3) is 11.1 Å². The standard InChI is InChI=1S/C26H33NO3/c1-16-7-5-9-23-25(16,3)11-10-17(2)26(23,4)15-18-13-22(29)20(14-21(18)28)19-8-6-12-27-24(19)30/h6,8,12-14,17,23,28-29H,1,5,7,9-11,15H2,2-4H3,(H,27,30). The number of aromatic nitrogens is 1. The summed E-state index contributed by atoms with van der Waals surface area (Å²) in [4.78, 5) is 14.8. The van der Waals surface area contributed by atoms with Crippen LogP contribution in [0.3, 0.4) is 0 Å². The summed E-state index contributed by atoms with van der Waals surface area (Å²) in [5.41, 5.74) is 2.70. The van der Waals surface area contributed by atoms with Crippen LogP contribution in [0.15, 0.2) is 47.4 Å². The zero-order valence-electron chi connectivity index (χ0n) is 18.3. The van der Waals surface area contributed by atoms with Crippen molar-refractivity contribution in [1.82, 2.24) is 4.98 Å². The van der Waals surface area contributed by atoms with Gasteiger partial charge in [-0.15, -0.1) is 0 Å². The molecule has 0 aliphatic heterocycles. The molecule has 0 amide bonds. The molecule has 0 spiro atoms. The number of pyridine rings is 1. The summed E-state index contributed by atoms with van der Waals surface area (Å²) in [5, 5.41) is 21.6. The first kappa shape index (κ1) is 20.8. The van der Waals surface area contributed by atoms with E-state index in [9.17, 15) is 15.0 Å². The molecule has 1 aromatic carbocycles. The van der Waals surface area contributed by atoms with Crippen molar-refractivity contribution < 1.29 is 10.2 Å². The number of rotatable bonds is 3. The molecule has 2 aliphatic carbocycles. The Bertz CT molecular complexity index is 1040. The third-order valence-corrected chi connectivity index (χ3v) is 8.44. The number of hydrogen-bond donors (Lipinski definition) is 3. The average molecular weight is 408 g/mol. The summed E-state index contributed by atoms with van der Waals surface area (Å²) in [7, 11) is 0. The van der Waals surface area contributed by atoms with Crippen LogP contribution < -0.4 is 5.56 Å². The lowest BCUT2D eigenvalue weighted by molar-refractivity contribution is -0.0491. The monoisotopic (exact) mass is 407 g/mol. The van der Waals surface area contributed by atoms with Gasteiger partial charge in [0.1, 0.15) is 11.5 Å². The summed E-state index contributed by atoms with van der Waals surface area (Å²) in [6.45, 7) is 11.5. The second kappa shape index (κ2) is 7.33. The molecule has 0 radical (unpaired) electrons. The number of phenols is 2. The minimum Gasteiger partial charge on any atom is -0.508 e. The molecule has 2 fully saturated rings. The molecule has 4 heteroatoms. The van der Waals surface area contributed by atoms with E-state index in [1.165, 1.54) is 30.9 Å². The molecule has 1 heterocycles. The lowest BCUT2D eigenvalue weighted by Crippen LogP contribution is -2.51. The van der Waals surface area contributed by atoms with Gasteiger partial charge >= 0.3 is 0 Å². The zero-order chi connectivity index (χ0) is 21.7. The highest BCUT2D eigenvalue weighted by Crippen LogP contribution is 2.62. The highest BCUT2D eigenvalue weighted by Gasteiger charge is 2.54. The number of H-pyrrole nitrogens is 1. The van der Waals surface area contributed by atoms with Crippen LogP contribution in [0.5, 0.6) is 11.5 Å². The molecule has 3 N–H and O–H groups in total. The van der Waals surface area contributed by atoms with Crippen molar-refractivity contribution in [3.63, 3.8) is 0 Å². The Hall–Kier alpha value is -2.49. The fraction of sp³-hybridized carbons (Fsp3) is 0.500. The van der Waals surface area contributed by atoms with Crippen molar-refractivity contribution in [3.8, 4) is 22.6 Å². The van der Waals surface area contributed by atoms with Gasteiger partial charge in [-0.2, -0.15) is 0 Å². The number of allylic oxidation sites excluding steroid dienone is 1. The van der Waals surface area contributed by atoms with Crippen LogP contribution in [0.4, 0.5) is 0 Å². The molecular weight excluding hydrogens is 374 g/mol. The van der Waals surface area contributed by atoms with Gasteiger partial charge in [-0.05, 0) is 91.0 Å². The number of nitrogens with one attached hydrogen (secondary N) is 1. The fourth-order valence-corrected chi connectivity index (χ4v) is 6.29. The van der Waals surface area contributed by atoms with Crippen molar-refractivity contribution in [2.24, 2.45) is 22.7 Å². The zero-order valence-corrected chi connectivity index (χ0v) is 18.3. The molecule has 0 saturated heterocycles. The molecule has 4 atom stereocenters. The third-order valence-electron chi connectivity index (χ3n) is 8.44. The van der Waals surface area contributed by atoms with Crippen molar-refractivity contribution in [3.05, 3.63) is 58.5 Å². The van der Waals surface area contributed by atoms with Crippen LogP contribution >= 0.6 is 0 Å². The van der Waals surface area contributed by atoms with Gasteiger partial charge in [0.15, 0.2) is 0 Å². The minimum absolute atomic E-state index is 0.00597. The second-order valence-electron chi connectivity index (χ2n) is 10.00. The van der Waals surface area contributed by atoms with E-state index in [-0.39, 0.29) is 27.9 Å². The number of benzene rings is 1. The molecule has 0 bridgehead atoms. The van der Waals surface area contributed by atoms with Crippen LogP contribution in [-0.4, -0.2) is 15.2 Å². The largest absolute Gasteiger partial charge is 0.508 e. The van der Waals surface area contributed by atoms with Crippen LogP contribution in [-0.2, 0) is 6.42 Å². The number of fused-ring (bicyclic) bond motifs is 1. The minimum atomic E-state index is -0.288. The Morgan fingerprint density at radius 1 is 1.17 bits per heavy atom. The van der Waals surface area contributed by atoms with E-state index >= 15 is 0 Å². The van der Waals surface area contributed by atoms with Crippen LogP contribution in [0, 0.1) is 22.7 Å². The Balaban J connectivity index is 1.73. The number of phenolic OH excluding ortho intramolecular Hbond substituents is 2. The summed E-state index contributed by atoms with van der Waals surface area (Å²) in [5.74, 6) is 1.19. The van der Waals surface area contributed by atoms with Gasteiger partial charge in [0, 0.05) is 11.8 Å². The number of aromatic hydroxyl groups is 2. The maximum atomic E-state index is 12.1. The molecule has 1 aromatic heterocycles. The Morgan fingerprint density at radius 3 is 2.67 bits per heavy atom. The topological polar surface area (TPSA) is 73.3 Å². The molecule has 4 unspecified atom stereocenters. The maximum Gasteiger partial charge on any atom is 0.255 e. The first-order valence-electron chi connectivity index (χ1n) is 11.1. The first-order valence-corrected chi connectivity index (χ1v) is 11.1. The van der Waals surface area contributed by atoms with Crippen molar-refractivity contribution in [1.29, 1.82) is 0 Å². The highest BCUT2D eigenvalue weighted by atomic mass is 16.3.